The van der Waals surface area contributed by atoms with Gasteiger partial charge in [-0.15, -0.1) is 0 Å². The molecule has 1 N–H and O–H groups in total. The standard InChI is InChI=1S/C13H23N3O5Si/c1-13(2,3)22(4,5)21-8-6-7-15-9-10(16(19)20)11(14-15)12(17)18/h9H,6-8H2,1-5H3,(H,17,18). The van der Waals surface area contributed by atoms with E-state index in [0.717, 1.165) is 6.20 Å². The molecule has 9 heteroatoms. The average Bonchev–Trinajstić information content (AvgIpc) is 2.77. The Balaban J connectivity index is 2.62. The van der Waals surface area contributed by atoms with Crippen molar-refractivity contribution in [3.05, 3.63) is 22.0 Å². The minimum absolute atomic E-state index is 0.119. The van der Waals surface area contributed by atoms with E-state index in [1.807, 2.05) is 0 Å². The van der Waals surface area contributed by atoms with E-state index in [-0.39, 0.29) is 5.04 Å². The maximum atomic E-state index is 10.9. The molecular weight excluding hydrogens is 306 g/mol. The molecule has 124 valence electrons. The van der Waals surface area contributed by atoms with Gasteiger partial charge in [0, 0.05) is 13.2 Å². The Kier molecular flexibility index (Phi) is 5.47. The van der Waals surface area contributed by atoms with Crippen LogP contribution in [0, 0.1) is 10.1 Å². The Morgan fingerprint density at radius 2 is 2.09 bits per heavy atom. The van der Waals surface area contributed by atoms with Crippen molar-refractivity contribution in [1.29, 1.82) is 0 Å². The summed E-state index contributed by atoms with van der Waals surface area (Å²) in [5, 5.41) is 23.5. The number of carboxylic acid groups (broad SMARTS) is 1. The summed E-state index contributed by atoms with van der Waals surface area (Å²) in [6.45, 7) is 11.6. The molecule has 1 aromatic heterocycles. The summed E-state index contributed by atoms with van der Waals surface area (Å²) < 4.78 is 7.28. The monoisotopic (exact) mass is 329 g/mol. The van der Waals surface area contributed by atoms with E-state index >= 15 is 0 Å². The number of nitro groups is 1. The Morgan fingerprint density at radius 1 is 1.50 bits per heavy atom. The van der Waals surface area contributed by atoms with Gasteiger partial charge in [0.15, 0.2) is 8.32 Å². The third kappa shape index (κ3) is 4.37. The first-order valence-electron chi connectivity index (χ1n) is 7.05. The van der Waals surface area contributed by atoms with Crippen LogP contribution in [0.2, 0.25) is 18.1 Å². The van der Waals surface area contributed by atoms with Gasteiger partial charge in [-0.3, -0.25) is 14.8 Å². The van der Waals surface area contributed by atoms with Crippen LogP contribution in [0.15, 0.2) is 6.20 Å². The minimum atomic E-state index is -1.82. The number of hydrogen-bond acceptors (Lipinski definition) is 5. The van der Waals surface area contributed by atoms with E-state index in [4.69, 9.17) is 9.53 Å². The summed E-state index contributed by atoms with van der Waals surface area (Å²) in [4.78, 5) is 21.0. The van der Waals surface area contributed by atoms with Gasteiger partial charge in [-0.05, 0) is 24.6 Å². The highest BCUT2D eigenvalue weighted by Gasteiger charge is 2.36. The largest absolute Gasteiger partial charge is 0.476 e. The zero-order chi connectivity index (χ0) is 17.1. The van der Waals surface area contributed by atoms with Crippen molar-refractivity contribution in [2.24, 2.45) is 0 Å². The third-order valence-electron chi connectivity index (χ3n) is 3.94. The molecule has 22 heavy (non-hydrogen) atoms. The molecule has 0 unspecified atom stereocenters. The second kappa shape index (κ2) is 6.57. The van der Waals surface area contributed by atoms with Crippen LogP contribution in [0.5, 0.6) is 0 Å². The van der Waals surface area contributed by atoms with Crippen molar-refractivity contribution < 1.29 is 19.3 Å². The van der Waals surface area contributed by atoms with Crippen molar-refractivity contribution in [2.45, 2.75) is 51.9 Å². The van der Waals surface area contributed by atoms with Gasteiger partial charge >= 0.3 is 11.7 Å². The van der Waals surface area contributed by atoms with Crippen molar-refractivity contribution >= 4 is 20.0 Å². The van der Waals surface area contributed by atoms with Gasteiger partial charge in [0.2, 0.25) is 5.69 Å². The van der Waals surface area contributed by atoms with Crippen molar-refractivity contribution in [1.82, 2.24) is 9.78 Å². The molecule has 0 saturated heterocycles. The summed E-state index contributed by atoms with van der Waals surface area (Å²) in [6, 6.07) is 0. The van der Waals surface area contributed by atoms with Crippen LogP contribution in [0.3, 0.4) is 0 Å². The fraction of sp³-hybridized carbons (Fsp3) is 0.692. The lowest BCUT2D eigenvalue weighted by Gasteiger charge is -2.36. The lowest BCUT2D eigenvalue weighted by Crippen LogP contribution is -2.41. The molecule has 0 bridgehead atoms. The van der Waals surface area contributed by atoms with Gasteiger partial charge in [-0.2, -0.15) is 5.10 Å². The molecule has 0 atom stereocenters. The second-order valence-electron chi connectivity index (χ2n) is 6.65. The molecule has 0 amide bonds. The summed E-state index contributed by atoms with van der Waals surface area (Å²) in [7, 11) is -1.82. The first kappa shape index (κ1) is 18.3. The molecule has 0 aliphatic carbocycles. The lowest BCUT2D eigenvalue weighted by molar-refractivity contribution is -0.385. The number of rotatable bonds is 7. The molecule has 0 aromatic carbocycles. The third-order valence-corrected chi connectivity index (χ3v) is 8.48. The Hall–Kier alpha value is -1.74. The van der Waals surface area contributed by atoms with E-state index in [2.05, 4.69) is 39.0 Å². The predicted octanol–water partition coefficient (Wildman–Crippen LogP) is 2.90. The molecule has 0 aliphatic rings. The molecule has 1 aromatic rings. The van der Waals surface area contributed by atoms with Crippen molar-refractivity contribution in [3.63, 3.8) is 0 Å². The molecular formula is C13H23N3O5Si. The van der Waals surface area contributed by atoms with E-state index in [9.17, 15) is 14.9 Å². The Bertz CT molecular complexity index is 531. The number of carbonyl (C=O) groups is 1. The van der Waals surface area contributed by atoms with Gasteiger partial charge in [-0.1, -0.05) is 20.8 Å². The molecule has 1 heterocycles. The fourth-order valence-corrected chi connectivity index (χ4v) is 2.67. The molecule has 1 rings (SSSR count). The number of aryl methyl sites for hydroxylation is 1. The van der Waals surface area contributed by atoms with E-state index in [0.29, 0.717) is 19.6 Å². The summed E-state index contributed by atoms with van der Waals surface area (Å²) in [5.41, 5.74) is -1.02. The van der Waals surface area contributed by atoms with Crippen LogP contribution in [0.4, 0.5) is 5.69 Å². The fourth-order valence-electron chi connectivity index (χ4n) is 1.58. The maximum absolute atomic E-state index is 10.9. The highest BCUT2D eigenvalue weighted by Crippen LogP contribution is 2.36. The number of carboxylic acids is 1. The van der Waals surface area contributed by atoms with Crippen LogP contribution in [-0.4, -0.2) is 40.7 Å². The van der Waals surface area contributed by atoms with Gasteiger partial charge in [0.1, 0.15) is 6.20 Å². The number of hydrogen-bond donors (Lipinski definition) is 1. The van der Waals surface area contributed by atoms with Crippen LogP contribution < -0.4 is 0 Å². The molecule has 0 spiro atoms. The van der Waals surface area contributed by atoms with Gasteiger partial charge < -0.3 is 9.53 Å². The Labute approximate surface area is 130 Å². The number of aromatic carboxylic acids is 1. The molecule has 0 aliphatic heterocycles. The Morgan fingerprint density at radius 3 is 2.50 bits per heavy atom. The first-order valence-corrected chi connectivity index (χ1v) is 9.95. The topological polar surface area (TPSA) is 107 Å². The second-order valence-corrected chi connectivity index (χ2v) is 11.5. The average molecular weight is 329 g/mol. The van der Waals surface area contributed by atoms with Gasteiger partial charge in [0.05, 0.1) is 4.92 Å². The van der Waals surface area contributed by atoms with E-state index in [1.165, 1.54) is 4.68 Å². The normalized spacial score (nSPS) is 12.4. The summed E-state index contributed by atoms with van der Waals surface area (Å²) >= 11 is 0. The zero-order valence-corrected chi connectivity index (χ0v) is 14.6. The zero-order valence-electron chi connectivity index (χ0n) is 13.6. The van der Waals surface area contributed by atoms with Crippen LogP contribution in [0.1, 0.15) is 37.7 Å². The quantitative estimate of drug-likeness (QED) is 0.357. The smallest absolute Gasteiger partial charge is 0.363 e. The first-order chi connectivity index (χ1) is 9.95. The van der Waals surface area contributed by atoms with E-state index in [1.54, 1.807) is 0 Å². The number of nitrogens with zero attached hydrogens (tertiary/aromatic N) is 3. The van der Waals surface area contributed by atoms with Crippen LogP contribution in [-0.2, 0) is 11.0 Å². The van der Waals surface area contributed by atoms with Gasteiger partial charge in [0.25, 0.3) is 0 Å². The molecule has 0 saturated carbocycles. The molecule has 8 nitrogen and oxygen atoms in total. The molecule has 0 radical (unpaired) electrons. The van der Waals surface area contributed by atoms with Crippen molar-refractivity contribution in [2.75, 3.05) is 6.61 Å². The number of aromatic nitrogens is 2. The van der Waals surface area contributed by atoms with Crippen molar-refractivity contribution in [3.8, 4) is 0 Å². The highest BCUT2D eigenvalue weighted by atomic mass is 28.4. The van der Waals surface area contributed by atoms with Crippen LogP contribution in [0.25, 0.3) is 0 Å². The van der Waals surface area contributed by atoms with Crippen LogP contribution >= 0.6 is 0 Å². The SMILES string of the molecule is CC(C)(C)[Si](C)(C)OCCCn1cc([N+](=O)[O-])c(C(=O)O)n1. The summed E-state index contributed by atoms with van der Waals surface area (Å²) in [5.74, 6) is -1.40. The maximum Gasteiger partial charge on any atom is 0.363 e. The van der Waals surface area contributed by atoms with Gasteiger partial charge in [-0.25, -0.2) is 4.79 Å². The lowest BCUT2D eigenvalue weighted by atomic mass is 10.2. The minimum Gasteiger partial charge on any atom is -0.476 e. The predicted molar refractivity (Wildman–Crippen MR) is 83.6 cm³/mol. The molecule has 0 fully saturated rings. The van der Waals surface area contributed by atoms with E-state index < -0.39 is 30.6 Å². The highest BCUT2D eigenvalue weighted by molar-refractivity contribution is 6.74. The summed E-state index contributed by atoms with van der Waals surface area (Å²) in [6.07, 6.45) is 1.76.